The van der Waals surface area contributed by atoms with Crippen molar-refractivity contribution in [2.45, 2.75) is 39.2 Å². The molecule has 3 heteroatoms. The van der Waals surface area contributed by atoms with Crippen LogP contribution in [-0.2, 0) is 11.3 Å². The van der Waals surface area contributed by atoms with E-state index in [1.54, 1.807) is 4.90 Å². The fraction of sp³-hybridized carbons (Fsp3) is 0.533. The van der Waals surface area contributed by atoms with Crippen LogP contribution in [0.25, 0.3) is 0 Å². The fourth-order valence-corrected chi connectivity index (χ4v) is 2.75. The van der Waals surface area contributed by atoms with Crippen molar-refractivity contribution in [2.24, 2.45) is 11.1 Å². The molecule has 1 aromatic rings. The molecule has 1 amide bonds. The Morgan fingerprint density at radius 1 is 1.28 bits per heavy atom. The third kappa shape index (κ3) is 2.41. The monoisotopic (exact) mass is 246 g/mol. The number of carbonyl (C=O) groups excluding carboxylic acids is 1. The van der Waals surface area contributed by atoms with Gasteiger partial charge in [0.05, 0.1) is 0 Å². The Bertz CT molecular complexity index is 419. The van der Waals surface area contributed by atoms with Gasteiger partial charge in [-0.25, -0.2) is 0 Å². The molecule has 0 atom stereocenters. The van der Waals surface area contributed by atoms with E-state index >= 15 is 0 Å². The van der Waals surface area contributed by atoms with Gasteiger partial charge in [0.15, 0.2) is 0 Å². The van der Waals surface area contributed by atoms with Gasteiger partial charge in [-0.2, -0.15) is 0 Å². The summed E-state index contributed by atoms with van der Waals surface area (Å²) < 4.78 is 0. The van der Waals surface area contributed by atoms with E-state index in [2.05, 4.69) is 6.92 Å². The van der Waals surface area contributed by atoms with Crippen LogP contribution in [-0.4, -0.2) is 13.0 Å². The molecule has 0 aromatic heterocycles. The molecular weight excluding hydrogens is 224 g/mol. The first kappa shape index (κ1) is 13.1. The summed E-state index contributed by atoms with van der Waals surface area (Å²) in [7, 11) is 1.86. The highest BCUT2D eigenvalue weighted by Gasteiger charge is 2.38. The van der Waals surface area contributed by atoms with Gasteiger partial charge in [-0.3, -0.25) is 4.79 Å². The van der Waals surface area contributed by atoms with Gasteiger partial charge in [-0.15, -0.1) is 0 Å². The second-order valence-electron chi connectivity index (χ2n) is 5.50. The van der Waals surface area contributed by atoms with E-state index in [9.17, 15) is 4.79 Å². The number of hydrogen-bond donors (Lipinski definition) is 1. The maximum Gasteiger partial charge on any atom is 0.232 e. The number of nitrogens with two attached hydrogens (primary N) is 1. The zero-order valence-electron chi connectivity index (χ0n) is 11.3. The average molecular weight is 246 g/mol. The van der Waals surface area contributed by atoms with E-state index in [1.165, 1.54) is 12.8 Å². The number of anilines is 1. The van der Waals surface area contributed by atoms with E-state index in [-0.39, 0.29) is 11.3 Å². The third-order valence-electron chi connectivity index (χ3n) is 4.09. The zero-order valence-corrected chi connectivity index (χ0v) is 11.3. The lowest BCUT2D eigenvalue weighted by atomic mass is 9.87. The van der Waals surface area contributed by atoms with E-state index in [1.807, 2.05) is 31.3 Å². The second-order valence-corrected chi connectivity index (χ2v) is 5.50. The maximum absolute atomic E-state index is 12.5. The normalized spacial score (nSPS) is 17.7. The zero-order chi connectivity index (χ0) is 13.2. The first-order valence-electron chi connectivity index (χ1n) is 6.64. The molecule has 1 fully saturated rings. The van der Waals surface area contributed by atoms with Gasteiger partial charge in [0, 0.05) is 24.7 Å². The number of benzene rings is 1. The minimum atomic E-state index is -0.165. The topological polar surface area (TPSA) is 46.3 Å². The standard InChI is InChI=1S/C15H22N2O/c1-15(9-3-4-10-15)14(18)17(2)13-7-5-12(11-16)6-8-13/h5-8H,3-4,9-11,16H2,1-2H3. The van der Waals surface area contributed by atoms with Gasteiger partial charge in [-0.1, -0.05) is 31.9 Å². The molecule has 2 N–H and O–H groups in total. The lowest BCUT2D eigenvalue weighted by Crippen LogP contribution is -2.38. The molecule has 2 rings (SSSR count). The number of rotatable bonds is 3. The highest BCUT2D eigenvalue weighted by Crippen LogP contribution is 2.39. The summed E-state index contributed by atoms with van der Waals surface area (Å²) in [5.41, 5.74) is 7.45. The molecule has 0 saturated heterocycles. The first-order chi connectivity index (χ1) is 8.57. The molecule has 0 unspecified atom stereocenters. The van der Waals surface area contributed by atoms with E-state index in [0.29, 0.717) is 6.54 Å². The van der Waals surface area contributed by atoms with E-state index in [4.69, 9.17) is 5.73 Å². The molecule has 0 radical (unpaired) electrons. The predicted molar refractivity (Wildman–Crippen MR) is 74.3 cm³/mol. The quantitative estimate of drug-likeness (QED) is 0.891. The van der Waals surface area contributed by atoms with Crippen LogP contribution < -0.4 is 10.6 Å². The average Bonchev–Trinajstić information content (AvgIpc) is 2.85. The van der Waals surface area contributed by atoms with Crippen LogP contribution in [0.4, 0.5) is 5.69 Å². The summed E-state index contributed by atoms with van der Waals surface area (Å²) in [5, 5.41) is 0. The fourth-order valence-electron chi connectivity index (χ4n) is 2.75. The van der Waals surface area contributed by atoms with Crippen molar-refractivity contribution in [1.82, 2.24) is 0 Å². The van der Waals surface area contributed by atoms with Gasteiger partial charge in [0.1, 0.15) is 0 Å². The number of hydrogen-bond acceptors (Lipinski definition) is 2. The summed E-state index contributed by atoms with van der Waals surface area (Å²) in [5.74, 6) is 0.237. The Morgan fingerprint density at radius 2 is 1.83 bits per heavy atom. The molecule has 0 heterocycles. The molecule has 0 aliphatic heterocycles. The summed E-state index contributed by atoms with van der Waals surface area (Å²) in [4.78, 5) is 14.3. The lowest BCUT2D eigenvalue weighted by Gasteiger charge is -2.29. The maximum atomic E-state index is 12.5. The molecule has 18 heavy (non-hydrogen) atoms. The summed E-state index contributed by atoms with van der Waals surface area (Å²) in [6, 6.07) is 7.91. The Kier molecular flexibility index (Phi) is 3.71. The van der Waals surface area contributed by atoms with Gasteiger partial charge < -0.3 is 10.6 Å². The van der Waals surface area contributed by atoms with Crippen molar-refractivity contribution in [3.05, 3.63) is 29.8 Å². The van der Waals surface area contributed by atoms with Gasteiger partial charge in [0.2, 0.25) is 5.91 Å². The highest BCUT2D eigenvalue weighted by atomic mass is 16.2. The van der Waals surface area contributed by atoms with Crippen LogP contribution in [0, 0.1) is 5.41 Å². The van der Waals surface area contributed by atoms with E-state index < -0.39 is 0 Å². The predicted octanol–water partition coefficient (Wildman–Crippen LogP) is 2.69. The Balaban J connectivity index is 2.14. The molecule has 1 aliphatic carbocycles. The van der Waals surface area contributed by atoms with Gasteiger partial charge in [0.25, 0.3) is 0 Å². The molecule has 98 valence electrons. The van der Waals surface area contributed by atoms with Crippen molar-refractivity contribution >= 4 is 11.6 Å². The van der Waals surface area contributed by atoms with E-state index in [0.717, 1.165) is 24.1 Å². The van der Waals surface area contributed by atoms with Crippen molar-refractivity contribution in [1.29, 1.82) is 0 Å². The van der Waals surface area contributed by atoms with Crippen molar-refractivity contribution in [3.63, 3.8) is 0 Å². The lowest BCUT2D eigenvalue weighted by molar-refractivity contribution is -0.126. The SMILES string of the molecule is CN(C(=O)C1(C)CCCC1)c1ccc(CN)cc1. The van der Waals surface area contributed by atoms with Crippen LogP contribution in [0.3, 0.4) is 0 Å². The van der Waals surface area contributed by atoms with Gasteiger partial charge in [-0.05, 0) is 30.5 Å². The highest BCUT2D eigenvalue weighted by molar-refractivity contribution is 5.97. The molecular formula is C15H22N2O. The molecule has 1 aromatic carbocycles. The minimum absolute atomic E-state index is 0.165. The molecule has 1 aliphatic rings. The van der Waals surface area contributed by atoms with Crippen molar-refractivity contribution in [3.8, 4) is 0 Å². The van der Waals surface area contributed by atoms with Gasteiger partial charge >= 0.3 is 0 Å². The Hall–Kier alpha value is -1.35. The summed E-state index contributed by atoms with van der Waals surface area (Å²) >= 11 is 0. The summed E-state index contributed by atoms with van der Waals surface area (Å²) in [6.45, 7) is 2.63. The van der Waals surface area contributed by atoms with Crippen LogP contribution >= 0.6 is 0 Å². The van der Waals surface area contributed by atoms with Crippen LogP contribution in [0.15, 0.2) is 24.3 Å². The van der Waals surface area contributed by atoms with Crippen molar-refractivity contribution in [2.75, 3.05) is 11.9 Å². The Labute approximate surface area is 109 Å². The van der Waals surface area contributed by atoms with Crippen LogP contribution in [0.5, 0.6) is 0 Å². The van der Waals surface area contributed by atoms with Crippen LogP contribution in [0.1, 0.15) is 38.2 Å². The third-order valence-corrected chi connectivity index (χ3v) is 4.09. The first-order valence-corrected chi connectivity index (χ1v) is 6.64. The number of amides is 1. The molecule has 3 nitrogen and oxygen atoms in total. The smallest absolute Gasteiger partial charge is 0.232 e. The van der Waals surface area contributed by atoms with Crippen molar-refractivity contribution < 1.29 is 4.79 Å². The Morgan fingerprint density at radius 3 is 2.33 bits per heavy atom. The number of carbonyl (C=O) groups is 1. The molecule has 0 spiro atoms. The van der Waals surface area contributed by atoms with Crippen LogP contribution in [0.2, 0.25) is 0 Å². The molecule has 0 bridgehead atoms. The summed E-state index contributed by atoms with van der Waals surface area (Å²) in [6.07, 6.45) is 4.36. The number of nitrogens with zero attached hydrogens (tertiary/aromatic N) is 1. The second kappa shape index (κ2) is 5.11. The molecule has 1 saturated carbocycles. The minimum Gasteiger partial charge on any atom is -0.326 e. The largest absolute Gasteiger partial charge is 0.326 e.